The first kappa shape index (κ1) is 13.6. The number of carbonyl (C=O) groups excluding carboxylic acids is 1. The number of amides is 1. The molecule has 0 aliphatic heterocycles. The number of hydrogen-bond acceptors (Lipinski definition) is 2. The van der Waals surface area contributed by atoms with E-state index in [2.05, 4.69) is 10.4 Å². The molecule has 1 N–H and O–H groups in total. The minimum Gasteiger partial charge on any atom is -0.352 e. The highest BCUT2D eigenvalue weighted by Gasteiger charge is 2.16. The van der Waals surface area contributed by atoms with Crippen LogP contribution >= 0.6 is 11.6 Å². The molecular weight excluding hydrogens is 262 g/mol. The van der Waals surface area contributed by atoms with Crippen LogP contribution in [0.15, 0.2) is 30.5 Å². The third-order valence-electron chi connectivity index (χ3n) is 2.84. The van der Waals surface area contributed by atoms with E-state index in [1.807, 2.05) is 38.1 Å². The van der Waals surface area contributed by atoms with E-state index in [4.69, 9.17) is 11.6 Å². The summed E-state index contributed by atoms with van der Waals surface area (Å²) in [5.41, 5.74) is 2.36. The second kappa shape index (κ2) is 5.89. The van der Waals surface area contributed by atoms with Crippen molar-refractivity contribution in [3.8, 4) is 5.69 Å². The molecule has 1 aromatic carbocycles. The van der Waals surface area contributed by atoms with Gasteiger partial charge in [0.2, 0.25) is 0 Å². The minimum atomic E-state index is -0.0902. The van der Waals surface area contributed by atoms with Gasteiger partial charge in [-0.25, -0.2) is 4.68 Å². The van der Waals surface area contributed by atoms with Crippen molar-refractivity contribution in [1.82, 2.24) is 15.1 Å². The van der Waals surface area contributed by atoms with Gasteiger partial charge in [0.25, 0.3) is 5.91 Å². The van der Waals surface area contributed by atoms with Crippen molar-refractivity contribution in [2.24, 2.45) is 0 Å². The van der Waals surface area contributed by atoms with Crippen molar-refractivity contribution in [3.63, 3.8) is 0 Å². The standard InChI is InChI=1S/C14H16ClN3O/c1-3-13-12(14(19)16-4-2)9-17-18(13)11-7-5-6-10(15)8-11/h5-9H,3-4H2,1-2H3,(H,16,19). The average Bonchev–Trinajstić information content (AvgIpc) is 2.82. The number of halogens is 1. The van der Waals surface area contributed by atoms with Crippen LogP contribution in [0.1, 0.15) is 29.9 Å². The van der Waals surface area contributed by atoms with Gasteiger partial charge in [-0.05, 0) is 31.5 Å². The molecule has 0 aliphatic carbocycles. The molecular formula is C14H16ClN3O. The molecule has 2 rings (SSSR count). The first-order chi connectivity index (χ1) is 9.17. The third-order valence-corrected chi connectivity index (χ3v) is 3.07. The molecule has 0 saturated heterocycles. The molecule has 0 spiro atoms. The lowest BCUT2D eigenvalue weighted by Gasteiger charge is -2.08. The van der Waals surface area contributed by atoms with Gasteiger partial charge in [-0.3, -0.25) is 4.79 Å². The summed E-state index contributed by atoms with van der Waals surface area (Å²) in [6.07, 6.45) is 2.32. The molecule has 4 nitrogen and oxygen atoms in total. The molecule has 0 unspecified atom stereocenters. The van der Waals surface area contributed by atoms with E-state index < -0.39 is 0 Å². The Bertz CT molecular complexity index is 592. The molecule has 2 aromatic rings. The van der Waals surface area contributed by atoms with Crippen LogP contribution in [-0.4, -0.2) is 22.2 Å². The molecule has 0 bridgehead atoms. The Labute approximate surface area is 117 Å². The predicted octanol–water partition coefficient (Wildman–Crippen LogP) is 2.84. The maximum Gasteiger partial charge on any atom is 0.254 e. The van der Waals surface area contributed by atoms with Crippen LogP contribution in [-0.2, 0) is 6.42 Å². The Morgan fingerprint density at radius 1 is 1.42 bits per heavy atom. The molecule has 1 heterocycles. The van der Waals surface area contributed by atoms with E-state index in [9.17, 15) is 4.79 Å². The van der Waals surface area contributed by atoms with Crippen LogP contribution in [0.3, 0.4) is 0 Å². The Morgan fingerprint density at radius 2 is 2.21 bits per heavy atom. The Kier molecular flexibility index (Phi) is 4.22. The van der Waals surface area contributed by atoms with E-state index in [1.165, 1.54) is 0 Å². The third kappa shape index (κ3) is 2.79. The van der Waals surface area contributed by atoms with Gasteiger partial charge >= 0.3 is 0 Å². The summed E-state index contributed by atoms with van der Waals surface area (Å²) in [4.78, 5) is 11.9. The smallest absolute Gasteiger partial charge is 0.254 e. The zero-order chi connectivity index (χ0) is 13.8. The zero-order valence-electron chi connectivity index (χ0n) is 11.0. The largest absolute Gasteiger partial charge is 0.352 e. The highest BCUT2D eigenvalue weighted by atomic mass is 35.5. The number of nitrogens with one attached hydrogen (secondary N) is 1. The van der Waals surface area contributed by atoms with Crippen LogP contribution in [0.4, 0.5) is 0 Å². The summed E-state index contributed by atoms with van der Waals surface area (Å²) in [7, 11) is 0. The van der Waals surface area contributed by atoms with Gasteiger partial charge in [-0.1, -0.05) is 24.6 Å². The van der Waals surface area contributed by atoms with Gasteiger partial charge in [0.05, 0.1) is 23.1 Å². The van der Waals surface area contributed by atoms with E-state index >= 15 is 0 Å². The molecule has 1 aromatic heterocycles. The van der Waals surface area contributed by atoms with Crippen LogP contribution in [0.2, 0.25) is 5.02 Å². The Morgan fingerprint density at radius 3 is 2.84 bits per heavy atom. The van der Waals surface area contributed by atoms with Gasteiger partial charge in [0, 0.05) is 11.6 Å². The summed E-state index contributed by atoms with van der Waals surface area (Å²) < 4.78 is 1.76. The van der Waals surface area contributed by atoms with Crippen molar-refractivity contribution >= 4 is 17.5 Å². The normalized spacial score (nSPS) is 10.5. The van der Waals surface area contributed by atoms with Gasteiger partial charge in [-0.15, -0.1) is 0 Å². The molecule has 1 amide bonds. The molecule has 0 atom stereocenters. The zero-order valence-corrected chi connectivity index (χ0v) is 11.7. The van der Waals surface area contributed by atoms with Crippen LogP contribution in [0, 0.1) is 0 Å². The predicted molar refractivity (Wildman–Crippen MR) is 76.0 cm³/mol. The quantitative estimate of drug-likeness (QED) is 0.934. The molecule has 100 valence electrons. The fraction of sp³-hybridized carbons (Fsp3) is 0.286. The molecule has 0 fully saturated rings. The van der Waals surface area contributed by atoms with Crippen LogP contribution < -0.4 is 5.32 Å². The first-order valence-electron chi connectivity index (χ1n) is 6.28. The van der Waals surface area contributed by atoms with Crippen molar-refractivity contribution < 1.29 is 4.79 Å². The fourth-order valence-electron chi connectivity index (χ4n) is 1.99. The van der Waals surface area contributed by atoms with E-state index in [-0.39, 0.29) is 5.91 Å². The highest BCUT2D eigenvalue weighted by molar-refractivity contribution is 6.30. The maximum absolute atomic E-state index is 11.9. The highest BCUT2D eigenvalue weighted by Crippen LogP contribution is 2.19. The number of rotatable bonds is 4. The van der Waals surface area contributed by atoms with Gasteiger partial charge in [0.15, 0.2) is 0 Å². The molecule has 0 radical (unpaired) electrons. The summed E-state index contributed by atoms with van der Waals surface area (Å²) in [5.74, 6) is -0.0902. The SMILES string of the molecule is CCNC(=O)c1cnn(-c2cccc(Cl)c2)c1CC. The van der Waals surface area contributed by atoms with E-state index in [0.29, 0.717) is 17.1 Å². The van der Waals surface area contributed by atoms with Crippen LogP contribution in [0.5, 0.6) is 0 Å². The van der Waals surface area contributed by atoms with Crippen molar-refractivity contribution in [1.29, 1.82) is 0 Å². The summed E-state index contributed by atoms with van der Waals surface area (Å²) in [6, 6.07) is 7.42. The lowest BCUT2D eigenvalue weighted by Crippen LogP contribution is -2.23. The lowest BCUT2D eigenvalue weighted by molar-refractivity contribution is 0.0955. The maximum atomic E-state index is 11.9. The molecule has 19 heavy (non-hydrogen) atoms. The monoisotopic (exact) mass is 277 g/mol. The van der Waals surface area contributed by atoms with Crippen molar-refractivity contribution in [3.05, 3.63) is 46.7 Å². The lowest BCUT2D eigenvalue weighted by atomic mass is 10.2. The first-order valence-corrected chi connectivity index (χ1v) is 6.66. The summed E-state index contributed by atoms with van der Waals surface area (Å²) in [6.45, 7) is 4.50. The van der Waals surface area contributed by atoms with Crippen LogP contribution in [0.25, 0.3) is 5.69 Å². The van der Waals surface area contributed by atoms with Gasteiger partial charge < -0.3 is 5.32 Å². The number of aromatic nitrogens is 2. The van der Waals surface area contributed by atoms with Crippen molar-refractivity contribution in [2.45, 2.75) is 20.3 Å². The second-order valence-corrected chi connectivity index (χ2v) is 4.55. The Hall–Kier alpha value is -1.81. The molecule has 5 heteroatoms. The number of carbonyl (C=O) groups is 1. The molecule has 0 saturated carbocycles. The fourth-order valence-corrected chi connectivity index (χ4v) is 2.17. The van der Waals surface area contributed by atoms with E-state index in [1.54, 1.807) is 10.9 Å². The van der Waals surface area contributed by atoms with Gasteiger partial charge in [0.1, 0.15) is 0 Å². The minimum absolute atomic E-state index is 0.0902. The number of benzene rings is 1. The van der Waals surface area contributed by atoms with E-state index in [0.717, 1.165) is 17.8 Å². The summed E-state index contributed by atoms with van der Waals surface area (Å²) >= 11 is 5.99. The average molecular weight is 278 g/mol. The number of nitrogens with zero attached hydrogens (tertiary/aromatic N) is 2. The van der Waals surface area contributed by atoms with Gasteiger partial charge in [-0.2, -0.15) is 5.10 Å². The molecule has 0 aliphatic rings. The second-order valence-electron chi connectivity index (χ2n) is 4.11. The number of hydrogen-bond donors (Lipinski definition) is 1. The summed E-state index contributed by atoms with van der Waals surface area (Å²) in [5, 5.41) is 7.74. The topological polar surface area (TPSA) is 46.9 Å². The Balaban J connectivity index is 2.45. The van der Waals surface area contributed by atoms with Crippen molar-refractivity contribution in [2.75, 3.05) is 6.54 Å².